The molecule has 0 radical (unpaired) electrons. The van der Waals surface area contributed by atoms with Gasteiger partial charge in [0, 0.05) is 0 Å². The molecular formula is C29H28P2. The molecule has 0 bridgehead atoms. The van der Waals surface area contributed by atoms with Gasteiger partial charge in [0.05, 0.1) is 0 Å². The first-order valence-corrected chi connectivity index (χ1v) is 14.2. The quantitative estimate of drug-likeness (QED) is 0.301. The Bertz CT molecular complexity index is 897. The number of hydrogen-bond donors (Lipinski definition) is 0. The third kappa shape index (κ3) is 5.15. The SMILES string of the molecule is c1ccc(P(C[C@@H]2C[C@H]2CP(c2ccccc2)c2ccccc2)c2ccccc2)cc1. The molecule has 1 aliphatic carbocycles. The fraction of sp³-hybridized carbons (Fsp3) is 0.172. The van der Waals surface area contributed by atoms with Crippen LogP contribution in [-0.2, 0) is 0 Å². The first-order chi connectivity index (χ1) is 15.4. The summed E-state index contributed by atoms with van der Waals surface area (Å²) in [6, 6.07) is 44.7. The highest BCUT2D eigenvalue weighted by Crippen LogP contribution is 2.53. The molecule has 2 atom stereocenters. The predicted octanol–water partition coefficient (Wildman–Crippen LogP) is 5.89. The molecule has 4 aromatic rings. The van der Waals surface area contributed by atoms with Crippen molar-refractivity contribution in [2.45, 2.75) is 6.42 Å². The summed E-state index contributed by atoms with van der Waals surface area (Å²) in [5.41, 5.74) is 0. The van der Waals surface area contributed by atoms with Crippen LogP contribution in [0.15, 0.2) is 121 Å². The van der Waals surface area contributed by atoms with Crippen LogP contribution in [0.2, 0.25) is 0 Å². The van der Waals surface area contributed by atoms with Crippen LogP contribution in [-0.4, -0.2) is 12.3 Å². The zero-order valence-electron chi connectivity index (χ0n) is 17.7. The van der Waals surface area contributed by atoms with Gasteiger partial charge in [-0.25, -0.2) is 0 Å². The molecule has 4 aromatic carbocycles. The van der Waals surface area contributed by atoms with Crippen molar-refractivity contribution < 1.29 is 0 Å². The Morgan fingerprint density at radius 2 is 0.677 bits per heavy atom. The Labute approximate surface area is 188 Å². The first-order valence-electron chi connectivity index (χ1n) is 11.1. The van der Waals surface area contributed by atoms with Crippen LogP contribution in [0, 0.1) is 11.8 Å². The molecule has 0 unspecified atom stereocenters. The van der Waals surface area contributed by atoms with E-state index in [1.807, 2.05) is 0 Å². The number of hydrogen-bond acceptors (Lipinski definition) is 0. The zero-order chi connectivity index (χ0) is 20.9. The molecule has 1 saturated carbocycles. The van der Waals surface area contributed by atoms with E-state index in [1.165, 1.54) is 40.0 Å². The largest absolute Gasteiger partial charge is 0.0622 e. The van der Waals surface area contributed by atoms with Gasteiger partial charge >= 0.3 is 0 Å². The standard InChI is InChI=1S/C29H28P2/c1-5-13-26(14-6-1)30(27-15-7-2-8-16-27)22-24-21-25(24)23-31(28-17-9-3-10-18-28)29-19-11-4-12-20-29/h1-20,24-25H,21-23H2/t24-,25-/m0/s1. The summed E-state index contributed by atoms with van der Waals surface area (Å²) >= 11 is 0. The zero-order valence-corrected chi connectivity index (χ0v) is 19.5. The van der Waals surface area contributed by atoms with Gasteiger partial charge in [-0.1, -0.05) is 121 Å². The van der Waals surface area contributed by atoms with Gasteiger partial charge in [-0.15, -0.1) is 0 Å². The summed E-state index contributed by atoms with van der Waals surface area (Å²) in [6.45, 7) is 0. The minimum absolute atomic E-state index is 0.281. The second-order valence-corrected chi connectivity index (χ2v) is 12.8. The summed E-state index contributed by atoms with van der Waals surface area (Å²) in [5.74, 6) is 1.70. The molecule has 0 nitrogen and oxygen atoms in total. The van der Waals surface area contributed by atoms with Crippen molar-refractivity contribution in [3.8, 4) is 0 Å². The third-order valence-electron chi connectivity index (χ3n) is 6.17. The van der Waals surface area contributed by atoms with Gasteiger partial charge < -0.3 is 0 Å². The van der Waals surface area contributed by atoms with Crippen LogP contribution in [0.1, 0.15) is 6.42 Å². The number of benzene rings is 4. The van der Waals surface area contributed by atoms with Crippen molar-refractivity contribution in [3.05, 3.63) is 121 Å². The van der Waals surface area contributed by atoms with Crippen molar-refractivity contribution in [1.29, 1.82) is 0 Å². The lowest BCUT2D eigenvalue weighted by Crippen LogP contribution is -2.17. The normalized spacial score (nSPS) is 17.7. The van der Waals surface area contributed by atoms with Gasteiger partial charge in [0.2, 0.25) is 0 Å². The van der Waals surface area contributed by atoms with E-state index >= 15 is 0 Å². The highest BCUT2D eigenvalue weighted by molar-refractivity contribution is 7.73. The van der Waals surface area contributed by atoms with Crippen molar-refractivity contribution >= 4 is 37.1 Å². The maximum absolute atomic E-state index is 2.33. The van der Waals surface area contributed by atoms with Crippen molar-refractivity contribution in [3.63, 3.8) is 0 Å². The van der Waals surface area contributed by atoms with Gasteiger partial charge in [0.1, 0.15) is 0 Å². The second kappa shape index (κ2) is 9.91. The lowest BCUT2D eigenvalue weighted by Gasteiger charge is -2.21. The smallest absolute Gasteiger partial charge is 0.0195 e. The Morgan fingerprint density at radius 1 is 0.419 bits per heavy atom. The average molecular weight is 438 g/mol. The Hall–Kier alpha value is -2.26. The highest BCUT2D eigenvalue weighted by atomic mass is 31.1. The van der Waals surface area contributed by atoms with E-state index in [2.05, 4.69) is 121 Å². The van der Waals surface area contributed by atoms with Gasteiger partial charge in [-0.2, -0.15) is 0 Å². The molecule has 0 N–H and O–H groups in total. The summed E-state index contributed by atoms with van der Waals surface area (Å²) in [6.07, 6.45) is 4.03. The van der Waals surface area contributed by atoms with Crippen molar-refractivity contribution in [2.75, 3.05) is 12.3 Å². The molecule has 0 aliphatic heterocycles. The minimum atomic E-state index is -0.281. The lowest BCUT2D eigenvalue weighted by atomic mass is 10.4. The molecule has 0 heterocycles. The fourth-order valence-corrected chi connectivity index (χ4v) is 9.78. The van der Waals surface area contributed by atoms with E-state index in [4.69, 9.17) is 0 Å². The Kier molecular flexibility index (Phi) is 6.60. The van der Waals surface area contributed by atoms with E-state index in [1.54, 1.807) is 0 Å². The second-order valence-electron chi connectivity index (χ2n) is 8.32. The molecule has 0 spiro atoms. The topological polar surface area (TPSA) is 0 Å². The van der Waals surface area contributed by atoms with E-state index in [0.717, 1.165) is 11.8 Å². The lowest BCUT2D eigenvalue weighted by molar-refractivity contribution is 0.850. The van der Waals surface area contributed by atoms with Gasteiger partial charge in [0.25, 0.3) is 0 Å². The monoisotopic (exact) mass is 438 g/mol. The Morgan fingerprint density at radius 3 is 0.935 bits per heavy atom. The van der Waals surface area contributed by atoms with Gasteiger partial charge in [0.15, 0.2) is 0 Å². The summed E-state index contributed by atoms with van der Waals surface area (Å²) in [7, 11) is -0.562. The van der Waals surface area contributed by atoms with E-state index < -0.39 is 0 Å². The molecule has 0 amide bonds. The molecule has 0 aromatic heterocycles. The van der Waals surface area contributed by atoms with E-state index in [0.29, 0.717) is 0 Å². The molecule has 5 rings (SSSR count). The highest BCUT2D eigenvalue weighted by Gasteiger charge is 2.40. The summed E-state index contributed by atoms with van der Waals surface area (Å²) in [5, 5.41) is 6.07. The van der Waals surface area contributed by atoms with Crippen LogP contribution < -0.4 is 21.2 Å². The molecule has 31 heavy (non-hydrogen) atoms. The molecule has 1 fully saturated rings. The molecule has 2 heteroatoms. The predicted molar refractivity (Wildman–Crippen MR) is 139 cm³/mol. The number of rotatable bonds is 8. The molecular weight excluding hydrogens is 410 g/mol. The van der Waals surface area contributed by atoms with Crippen molar-refractivity contribution in [2.24, 2.45) is 11.8 Å². The average Bonchev–Trinajstić information content (AvgIpc) is 3.61. The van der Waals surface area contributed by atoms with Crippen LogP contribution in [0.25, 0.3) is 0 Å². The molecule has 1 aliphatic rings. The summed E-state index contributed by atoms with van der Waals surface area (Å²) in [4.78, 5) is 0. The maximum Gasteiger partial charge on any atom is -0.0195 e. The van der Waals surface area contributed by atoms with Gasteiger partial charge in [-0.05, 0) is 67.6 Å². The minimum Gasteiger partial charge on any atom is -0.0622 e. The van der Waals surface area contributed by atoms with Crippen LogP contribution in [0.4, 0.5) is 0 Å². The fourth-order valence-electron chi connectivity index (χ4n) is 4.38. The maximum atomic E-state index is 2.33. The van der Waals surface area contributed by atoms with Crippen molar-refractivity contribution in [1.82, 2.24) is 0 Å². The van der Waals surface area contributed by atoms with Crippen LogP contribution in [0.5, 0.6) is 0 Å². The molecule has 0 saturated heterocycles. The van der Waals surface area contributed by atoms with Gasteiger partial charge in [-0.3, -0.25) is 0 Å². The summed E-state index contributed by atoms with van der Waals surface area (Å²) < 4.78 is 0. The third-order valence-corrected chi connectivity index (χ3v) is 11.5. The van der Waals surface area contributed by atoms with E-state index in [-0.39, 0.29) is 15.8 Å². The van der Waals surface area contributed by atoms with E-state index in [9.17, 15) is 0 Å². The first kappa shape index (κ1) is 20.6. The van der Waals surface area contributed by atoms with Crippen LogP contribution >= 0.6 is 15.8 Å². The molecule has 154 valence electrons. The van der Waals surface area contributed by atoms with Crippen LogP contribution in [0.3, 0.4) is 0 Å². The Balaban J connectivity index is 1.34.